The van der Waals surface area contributed by atoms with Gasteiger partial charge in [-0.3, -0.25) is 4.79 Å². The largest absolute Gasteiger partial charge is 0.481 e. The number of nitrogens with zero attached hydrogens (tertiary/aromatic N) is 1. The highest BCUT2D eigenvalue weighted by Gasteiger charge is 2.06. The zero-order chi connectivity index (χ0) is 12.7. The first-order valence-corrected chi connectivity index (χ1v) is 6.27. The van der Waals surface area contributed by atoms with Gasteiger partial charge in [-0.25, -0.2) is 4.57 Å². The number of carbonyl (C=O) groups is 1. The van der Waals surface area contributed by atoms with Crippen LogP contribution >= 0.6 is 0 Å². The lowest BCUT2D eigenvalue weighted by atomic mass is 10.0. The fraction of sp³-hybridized carbons (Fsp3) is 0.571. The van der Waals surface area contributed by atoms with Crippen LogP contribution < -0.4 is 4.57 Å². The number of aryl methyl sites for hydroxylation is 2. The molecule has 0 bridgehead atoms. The molecule has 0 unspecified atom stereocenters. The lowest BCUT2D eigenvalue weighted by molar-refractivity contribution is -0.678. The van der Waals surface area contributed by atoms with Crippen molar-refractivity contribution in [2.24, 2.45) is 7.05 Å². The first kappa shape index (κ1) is 13.7. The quantitative estimate of drug-likeness (QED) is 0.583. The van der Waals surface area contributed by atoms with Gasteiger partial charge in [0.05, 0.1) is 0 Å². The number of aliphatic carboxylic acids is 1. The first-order chi connectivity index (χ1) is 8.11. The van der Waals surface area contributed by atoms with E-state index in [0.717, 1.165) is 32.1 Å². The molecule has 0 saturated heterocycles. The van der Waals surface area contributed by atoms with E-state index in [1.165, 1.54) is 11.3 Å². The van der Waals surface area contributed by atoms with Gasteiger partial charge in [-0.2, -0.15) is 0 Å². The molecule has 3 nitrogen and oxygen atoms in total. The molecule has 1 N–H and O–H groups in total. The number of unbranched alkanes of at least 4 members (excludes halogenated alkanes) is 3. The van der Waals surface area contributed by atoms with Gasteiger partial charge in [-0.05, 0) is 25.3 Å². The van der Waals surface area contributed by atoms with Crippen molar-refractivity contribution in [2.75, 3.05) is 0 Å². The van der Waals surface area contributed by atoms with Gasteiger partial charge < -0.3 is 5.11 Å². The average molecular weight is 236 g/mol. The molecular formula is C14H22NO2+. The Hall–Kier alpha value is -1.38. The fourth-order valence-electron chi connectivity index (χ4n) is 1.96. The average Bonchev–Trinajstić information content (AvgIpc) is 2.28. The van der Waals surface area contributed by atoms with Crippen molar-refractivity contribution in [2.45, 2.75) is 45.4 Å². The van der Waals surface area contributed by atoms with Crippen LogP contribution in [0.15, 0.2) is 18.3 Å². The molecule has 0 atom stereocenters. The molecule has 1 aromatic heterocycles. The van der Waals surface area contributed by atoms with Crippen molar-refractivity contribution < 1.29 is 14.5 Å². The van der Waals surface area contributed by atoms with E-state index in [1.54, 1.807) is 0 Å². The van der Waals surface area contributed by atoms with Crippen LogP contribution in [0.3, 0.4) is 0 Å². The zero-order valence-corrected chi connectivity index (χ0v) is 10.8. The maximum atomic E-state index is 10.3. The van der Waals surface area contributed by atoms with Gasteiger partial charge >= 0.3 is 5.97 Å². The highest BCUT2D eigenvalue weighted by Crippen LogP contribution is 2.10. The van der Waals surface area contributed by atoms with E-state index in [4.69, 9.17) is 5.11 Å². The Morgan fingerprint density at radius 2 is 2.00 bits per heavy atom. The summed E-state index contributed by atoms with van der Waals surface area (Å²) in [6, 6.07) is 4.25. The predicted molar refractivity (Wildman–Crippen MR) is 66.8 cm³/mol. The van der Waals surface area contributed by atoms with Crippen molar-refractivity contribution in [1.29, 1.82) is 0 Å². The standard InChI is InChI=1S/C14H21NO2/c1-12-13(9-7-11-15(12)2)8-5-3-4-6-10-14(16)17/h7,9,11H,3-6,8,10H2,1-2H3/p+1. The molecule has 0 aliphatic rings. The van der Waals surface area contributed by atoms with Gasteiger partial charge in [0, 0.05) is 25.0 Å². The van der Waals surface area contributed by atoms with Crippen LogP contribution in [0.4, 0.5) is 0 Å². The minimum atomic E-state index is -0.684. The Kier molecular flexibility index (Phi) is 5.67. The minimum absolute atomic E-state index is 0.305. The molecule has 0 saturated carbocycles. The first-order valence-electron chi connectivity index (χ1n) is 6.27. The molecule has 1 aromatic rings. The number of aromatic nitrogens is 1. The summed E-state index contributed by atoms with van der Waals surface area (Å²) in [5.41, 5.74) is 2.71. The highest BCUT2D eigenvalue weighted by atomic mass is 16.4. The Balaban J connectivity index is 2.22. The van der Waals surface area contributed by atoms with Crippen LogP contribution in [0, 0.1) is 6.92 Å². The molecule has 0 amide bonds. The topological polar surface area (TPSA) is 41.2 Å². The fourth-order valence-corrected chi connectivity index (χ4v) is 1.96. The Morgan fingerprint density at radius 3 is 2.71 bits per heavy atom. The lowest BCUT2D eigenvalue weighted by Gasteiger charge is -2.03. The zero-order valence-electron chi connectivity index (χ0n) is 10.8. The predicted octanol–water partition coefficient (Wildman–Crippen LogP) is 2.40. The van der Waals surface area contributed by atoms with Crippen LogP contribution in [-0.2, 0) is 18.3 Å². The van der Waals surface area contributed by atoms with Crippen molar-refractivity contribution in [3.8, 4) is 0 Å². The van der Waals surface area contributed by atoms with E-state index in [1.807, 2.05) is 0 Å². The molecule has 94 valence electrons. The molecule has 1 rings (SSSR count). The van der Waals surface area contributed by atoms with E-state index in [0.29, 0.717) is 6.42 Å². The maximum absolute atomic E-state index is 10.3. The SMILES string of the molecule is Cc1c(CCCCCCC(=O)O)ccc[n+]1C. The van der Waals surface area contributed by atoms with Crippen LogP contribution in [0.2, 0.25) is 0 Å². The van der Waals surface area contributed by atoms with Crippen LogP contribution in [-0.4, -0.2) is 11.1 Å². The van der Waals surface area contributed by atoms with Gasteiger partial charge in [0.25, 0.3) is 0 Å². The van der Waals surface area contributed by atoms with E-state index < -0.39 is 5.97 Å². The van der Waals surface area contributed by atoms with Gasteiger partial charge in [-0.15, -0.1) is 0 Å². The number of hydrogen-bond donors (Lipinski definition) is 1. The second-order valence-corrected chi connectivity index (χ2v) is 4.54. The molecule has 0 spiro atoms. The normalized spacial score (nSPS) is 10.5. The number of pyridine rings is 1. The van der Waals surface area contributed by atoms with Gasteiger partial charge in [-0.1, -0.05) is 12.8 Å². The van der Waals surface area contributed by atoms with Crippen molar-refractivity contribution in [1.82, 2.24) is 0 Å². The van der Waals surface area contributed by atoms with Crippen LogP contribution in [0.25, 0.3) is 0 Å². The van der Waals surface area contributed by atoms with Crippen molar-refractivity contribution in [3.63, 3.8) is 0 Å². The summed E-state index contributed by atoms with van der Waals surface area (Å²) in [5.74, 6) is -0.684. The molecule has 3 heteroatoms. The third kappa shape index (κ3) is 4.98. The molecule has 0 aliphatic carbocycles. The summed E-state index contributed by atoms with van der Waals surface area (Å²) in [6.07, 6.45) is 7.54. The third-order valence-corrected chi connectivity index (χ3v) is 3.19. The summed E-state index contributed by atoms with van der Waals surface area (Å²) in [6.45, 7) is 2.14. The monoisotopic (exact) mass is 236 g/mol. The second kappa shape index (κ2) is 7.05. The van der Waals surface area contributed by atoms with E-state index in [9.17, 15) is 4.79 Å². The van der Waals surface area contributed by atoms with E-state index in [2.05, 4.69) is 36.9 Å². The van der Waals surface area contributed by atoms with Gasteiger partial charge in [0.1, 0.15) is 7.05 Å². The smallest absolute Gasteiger partial charge is 0.303 e. The van der Waals surface area contributed by atoms with E-state index >= 15 is 0 Å². The molecule has 0 radical (unpaired) electrons. The summed E-state index contributed by atoms with van der Waals surface area (Å²) < 4.78 is 2.14. The summed E-state index contributed by atoms with van der Waals surface area (Å²) in [4.78, 5) is 10.3. The molecule has 17 heavy (non-hydrogen) atoms. The number of rotatable bonds is 7. The van der Waals surface area contributed by atoms with Crippen LogP contribution in [0.5, 0.6) is 0 Å². The Bertz CT molecular complexity index is 374. The molecule has 0 aliphatic heterocycles. The van der Waals surface area contributed by atoms with Crippen molar-refractivity contribution >= 4 is 5.97 Å². The molecule has 0 aromatic carbocycles. The minimum Gasteiger partial charge on any atom is -0.481 e. The number of carboxylic acids is 1. The summed E-state index contributed by atoms with van der Waals surface area (Å²) in [7, 11) is 2.06. The lowest BCUT2D eigenvalue weighted by Crippen LogP contribution is -2.32. The maximum Gasteiger partial charge on any atom is 0.303 e. The molecule has 1 heterocycles. The highest BCUT2D eigenvalue weighted by molar-refractivity contribution is 5.66. The van der Waals surface area contributed by atoms with Gasteiger partial charge in [0.2, 0.25) is 0 Å². The summed E-state index contributed by atoms with van der Waals surface area (Å²) >= 11 is 0. The van der Waals surface area contributed by atoms with Crippen LogP contribution in [0.1, 0.15) is 43.4 Å². The van der Waals surface area contributed by atoms with Crippen molar-refractivity contribution in [3.05, 3.63) is 29.6 Å². The number of carboxylic acid groups (broad SMARTS) is 1. The number of hydrogen-bond acceptors (Lipinski definition) is 1. The second-order valence-electron chi connectivity index (χ2n) is 4.54. The summed E-state index contributed by atoms with van der Waals surface area (Å²) in [5, 5.41) is 8.51. The Labute approximate surface area is 103 Å². The van der Waals surface area contributed by atoms with E-state index in [-0.39, 0.29) is 0 Å². The molecular weight excluding hydrogens is 214 g/mol. The third-order valence-electron chi connectivity index (χ3n) is 3.19. The van der Waals surface area contributed by atoms with Gasteiger partial charge in [0.15, 0.2) is 11.9 Å². The molecule has 0 fully saturated rings. The Morgan fingerprint density at radius 1 is 1.29 bits per heavy atom.